The van der Waals surface area contributed by atoms with E-state index >= 15 is 0 Å². The summed E-state index contributed by atoms with van der Waals surface area (Å²) in [6.45, 7) is 6.45. The molecule has 0 radical (unpaired) electrons. The first-order valence-electron chi connectivity index (χ1n) is 10.2. The Hall–Kier alpha value is -3.33. The van der Waals surface area contributed by atoms with Gasteiger partial charge in [-0.25, -0.2) is 4.79 Å². The first-order valence-corrected chi connectivity index (χ1v) is 11.1. The number of hydrogen-bond donors (Lipinski definition) is 1. The zero-order valence-electron chi connectivity index (χ0n) is 18.5. The molecule has 0 spiro atoms. The molecule has 0 bridgehead atoms. The van der Waals surface area contributed by atoms with Crippen LogP contribution in [0, 0.1) is 13.8 Å². The minimum absolute atomic E-state index is 0.170. The second kappa shape index (κ2) is 10.8. The normalized spacial score (nSPS) is 10.6. The van der Waals surface area contributed by atoms with Crippen molar-refractivity contribution in [3.63, 3.8) is 0 Å². The van der Waals surface area contributed by atoms with E-state index in [0.717, 1.165) is 5.75 Å². The van der Waals surface area contributed by atoms with Gasteiger partial charge in [0.1, 0.15) is 12.4 Å². The molecule has 1 heterocycles. The Bertz CT molecular complexity index is 1100. The Morgan fingerprint density at radius 3 is 2.50 bits per heavy atom. The third-order valence-corrected chi connectivity index (χ3v) is 5.80. The number of hydrogen-bond acceptors (Lipinski definition) is 7. The van der Waals surface area contributed by atoms with Crippen LogP contribution in [0.1, 0.15) is 34.2 Å². The first-order chi connectivity index (χ1) is 15.4. The van der Waals surface area contributed by atoms with Gasteiger partial charge in [0.25, 0.3) is 0 Å². The maximum Gasteiger partial charge on any atom is 0.338 e. The molecule has 0 atom stereocenters. The molecule has 0 saturated carbocycles. The number of ether oxygens (including phenoxy) is 2. The molecule has 1 amide bonds. The molecular weight excluding hydrogens is 428 g/mol. The van der Waals surface area contributed by atoms with Crippen LogP contribution in [0.5, 0.6) is 5.75 Å². The highest BCUT2D eigenvalue weighted by Gasteiger charge is 2.13. The van der Waals surface area contributed by atoms with Crippen molar-refractivity contribution in [3.05, 3.63) is 65.0 Å². The van der Waals surface area contributed by atoms with E-state index in [1.807, 2.05) is 36.7 Å². The van der Waals surface area contributed by atoms with Crippen LogP contribution in [-0.2, 0) is 23.2 Å². The Balaban J connectivity index is 1.50. The Kier molecular flexibility index (Phi) is 7.88. The fraction of sp³-hybridized carbons (Fsp3) is 0.304. The van der Waals surface area contributed by atoms with Crippen molar-refractivity contribution >= 4 is 29.3 Å². The molecule has 1 N–H and O–H groups in total. The maximum absolute atomic E-state index is 12.3. The molecule has 0 aliphatic carbocycles. The van der Waals surface area contributed by atoms with Crippen LogP contribution in [0.15, 0.2) is 47.6 Å². The van der Waals surface area contributed by atoms with E-state index in [1.165, 1.54) is 22.9 Å². The van der Waals surface area contributed by atoms with Gasteiger partial charge in [-0.2, -0.15) is 0 Å². The van der Waals surface area contributed by atoms with Gasteiger partial charge in [0, 0.05) is 12.7 Å². The van der Waals surface area contributed by atoms with Crippen LogP contribution in [0.3, 0.4) is 0 Å². The summed E-state index contributed by atoms with van der Waals surface area (Å²) in [6, 6.07) is 12.5. The van der Waals surface area contributed by atoms with Crippen LogP contribution in [-0.4, -0.2) is 39.0 Å². The van der Waals surface area contributed by atoms with Crippen LogP contribution in [0.4, 0.5) is 5.69 Å². The standard InChI is InChI=1S/C23H26N4O4S/c1-5-30-22(29)17-7-9-18(10-8-17)24-21(28)14-32-23-26-25-20(27(23)4)13-31-19-11-6-15(2)16(3)12-19/h6-12H,5,13-14H2,1-4H3,(H,24,28). The summed E-state index contributed by atoms with van der Waals surface area (Å²) < 4.78 is 12.6. The lowest BCUT2D eigenvalue weighted by Gasteiger charge is -2.09. The zero-order chi connectivity index (χ0) is 23.1. The zero-order valence-corrected chi connectivity index (χ0v) is 19.4. The number of amides is 1. The molecule has 9 heteroatoms. The van der Waals surface area contributed by atoms with Crippen molar-refractivity contribution in [2.24, 2.45) is 7.05 Å². The van der Waals surface area contributed by atoms with E-state index in [-0.39, 0.29) is 24.2 Å². The van der Waals surface area contributed by atoms with E-state index in [4.69, 9.17) is 9.47 Å². The molecule has 0 aliphatic rings. The largest absolute Gasteiger partial charge is 0.486 e. The van der Waals surface area contributed by atoms with Crippen molar-refractivity contribution in [3.8, 4) is 5.75 Å². The highest BCUT2D eigenvalue weighted by atomic mass is 32.2. The Morgan fingerprint density at radius 1 is 1.06 bits per heavy atom. The fourth-order valence-corrected chi connectivity index (χ4v) is 3.51. The number of carbonyl (C=O) groups excluding carboxylic acids is 2. The number of anilines is 1. The van der Waals surface area contributed by atoms with Crippen molar-refractivity contribution in [1.82, 2.24) is 14.8 Å². The fourth-order valence-electron chi connectivity index (χ4n) is 2.78. The second-order valence-electron chi connectivity index (χ2n) is 7.13. The highest BCUT2D eigenvalue weighted by molar-refractivity contribution is 7.99. The van der Waals surface area contributed by atoms with Gasteiger partial charge < -0.3 is 19.4 Å². The molecule has 0 aliphatic heterocycles. The van der Waals surface area contributed by atoms with Crippen LogP contribution >= 0.6 is 11.8 Å². The molecule has 3 rings (SSSR count). The molecule has 168 valence electrons. The number of thioether (sulfide) groups is 1. The summed E-state index contributed by atoms with van der Waals surface area (Å²) >= 11 is 1.28. The van der Waals surface area contributed by atoms with Crippen molar-refractivity contribution < 1.29 is 19.1 Å². The van der Waals surface area contributed by atoms with Crippen LogP contribution < -0.4 is 10.1 Å². The molecule has 0 fully saturated rings. The van der Waals surface area contributed by atoms with E-state index < -0.39 is 0 Å². The van der Waals surface area contributed by atoms with Crippen LogP contribution in [0.25, 0.3) is 0 Å². The topological polar surface area (TPSA) is 95.3 Å². The van der Waals surface area contributed by atoms with Gasteiger partial charge in [-0.1, -0.05) is 17.8 Å². The third kappa shape index (κ3) is 6.10. The number of carbonyl (C=O) groups is 2. The molecular formula is C23H26N4O4S. The summed E-state index contributed by atoms with van der Waals surface area (Å²) in [7, 11) is 1.84. The van der Waals surface area contributed by atoms with E-state index in [0.29, 0.717) is 28.8 Å². The minimum atomic E-state index is -0.388. The van der Waals surface area contributed by atoms with Crippen molar-refractivity contribution in [2.75, 3.05) is 17.7 Å². The van der Waals surface area contributed by atoms with Gasteiger partial charge in [-0.05, 0) is 68.3 Å². The van der Waals surface area contributed by atoms with Gasteiger partial charge in [-0.3, -0.25) is 4.79 Å². The quantitative estimate of drug-likeness (QED) is 0.387. The van der Waals surface area contributed by atoms with Crippen LogP contribution in [0.2, 0.25) is 0 Å². The van der Waals surface area contributed by atoms with Crippen molar-refractivity contribution in [2.45, 2.75) is 32.5 Å². The molecule has 1 aromatic heterocycles. The predicted octanol–water partition coefficient (Wildman–Crippen LogP) is 3.92. The van der Waals surface area contributed by atoms with E-state index in [1.54, 1.807) is 31.2 Å². The van der Waals surface area contributed by atoms with Gasteiger partial charge in [0.05, 0.1) is 17.9 Å². The SMILES string of the molecule is CCOC(=O)c1ccc(NC(=O)CSc2nnc(COc3ccc(C)c(C)c3)n2C)cc1. The molecule has 0 unspecified atom stereocenters. The maximum atomic E-state index is 12.3. The van der Waals surface area contributed by atoms with Gasteiger partial charge in [0.15, 0.2) is 11.0 Å². The smallest absolute Gasteiger partial charge is 0.338 e. The summed E-state index contributed by atoms with van der Waals surface area (Å²) in [5.41, 5.74) is 3.42. The Labute approximate surface area is 191 Å². The monoisotopic (exact) mass is 454 g/mol. The third-order valence-electron chi connectivity index (χ3n) is 4.78. The summed E-state index contributed by atoms with van der Waals surface area (Å²) in [5, 5.41) is 11.7. The number of rotatable bonds is 9. The van der Waals surface area contributed by atoms with E-state index in [9.17, 15) is 9.59 Å². The van der Waals surface area contributed by atoms with Gasteiger partial charge >= 0.3 is 5.97 Å². The number of aryl methyl sites for hydroxylation is 2. The number of esters is 1. The number of benzene rings is 2. The molecule has 0 saturated heterocycles. The lowest BCUT2D eigenvalue weighted by atomic mass is 10.1. The van der Waals surface area contributed by atoms with E-state index in [2.05, 4.69) is 22.4 Å². The average molecular weight is 455 g/mol. The average Bonchev–Trinajstić information content (AvgIpc) is 3.13. The number of nitrogens with one attached hydrogen (secondary N) is 1. The van der Waals surface area contributed by atoms with Gasteiger partial charge in [0.2, 0.25) is 5.91 Å². The predicted molar refractivity (Wildman–Crippen MR) is 123 cm³/mol. The second-order valence-corrected chi connectivity index (χ2v) is 8.07. The summed E-state index contributed by atoms with van der Waals surface area (Å²) in [4.78, 5) is 24.0. The molecule has 32 heavy (non-hydrogen) atoms. The van der Waals surface area contributed by atoms with Crippen molar-refractivity contribution in [1.29, 1.82) is 0 Å². The highest BCUT2D eigenvalue weighted by Crippen LogP contribution is 2.20. The van der Waals surface area contributed by atoms with Gasteiger partial charge in [-0.15, -0.1) is 10.2 Å². The molecule has 8 nitrogen and oxygen atoms in total. The molecule has 2 aromatic carbocycles. The number of nitrogens with zero attached hydrogens (tertiary/aromatic N) is 3. The lowest BCUT2D eigenvalue weighted by molar-refractivity contribution is -0.113. The first kappa shape index (κ1) is 23.3. The Morgan fingerprint density at radius 2 is 1.81 bits per heavy atom. The lowest BCUT2D eigenvalue weighted by Crippen LogP contribution is -2.15. The summed E-state index contributed by atoms with van der Waals surface area (Å²) in [6.07, 6.45) is 0. The molecule has 3 aromatic rings. The minimum Gasteiger partial charge on any atom is -0.486 e. The number of aromatic nitrogens is 3. The summed E-state index contributed by atoms with van der Waals surface area (Å²) in [5.74, 6) is 1.04.